The van der Waals surface area contributed by atoms with Gasteiger partial charge in [-0.25, -0.2) is 0 Å². The number of pyridine rings is 1. The zero-order chi connectivity index (χ0) is 17.1. The second kappa shape index (κ2) is 7.30. The molecule has 0 spiro atoms. The summed E-state index contributed by atoms with van der Waals surface area (Å²) in [6.45, 7) is 1.89. The van der Waals surface area contributed by atoms with Gasteiger partial charge in [0, 0.05) is 24.2 Å². The van der Waals surface area contributed by atoms with Crippen molar-refractivity contribution in [3.8, 4) is 11.3 Å². The fourth-order valence-electron chi connectivity index (χ4n) is 2.12. The highest BCUT2D eigenvalue weighted by Crippen LogP contribution is 2.28. The van der Waals surface area contributed by atoms with Crippen molar-refractivity contribution in [3.63, 3.8) is 0 Å². The van der Waals surface area contributed by atoms with E-state index in [0.29, 0.717) is 10.0 Å². The maximum absolute atomic E-state index is 6.10. The van der Waals surface area contributed by atoms with E-state index in [9.17, 15) is 0 Å². The third kappa shape index (κ3) is 3.59. The highest BCUT2D eigenvalue weighted by Gasteiger charge is 2.07. The predicted molar refractivity (Wildman–Crippen MR) is 101 cm³/mol. The lowest BCUT2D eigenvalue weighted by atomic mass is 10.2. The molecule has 4 nitrogen and oxygen atoms in total. The number of hydrogen-bond acceptors (Lipinski definition) is 4. The molecule has 0 bridgehead atoms. The van der Waals surface area contributed by atoms with E-state index >= 15 is 0 Å². The smallest absolute Gasteiger partial charge is 0.210 e. The Bertz CT molecular complexity index is 958. The lowest BCUT2D eigenvalue weighted by Crippen LogP contribution is -2.11. The second-order valence-corrected chi connectivity index (χ2v) is 6.74. The number of halogens is 2. The van der Waals surface area contributed by atoms with E-state index in [1.54, 1.807) is 12.3 Å². The van der Waals surface area contributed by atoms with Crippen LogP contribution in [0.25, 0.3) is 11.3 Å². The third-order valence-electron chi connectivity index (χ3n) is 3.46. The molecule has 7 heteroatoms. The fraction of sp³-hybridized carbons (Fsp3) is 0.118. The van der Waals surface area contributed by atoms with E-state index in [0.717, 1.165) is 27.5 Å². The maximum atomic E-state index is 6.10. The van der Waals surface area contributed by atoms with Gasteiger partial charge in [-0.3, -0.25) is 4.98 Å². The van der Waals surface area contributed by atoms with Gasteiger partial charge in [0.05, 0.1) is 27.1 Å². The van der Waals surface area contributed by atoms with Crippen LogP contribution < -0.4 is 4.80 Å². The average molecular weight is 377 g/mol. The Morgan fingerprint density at radius 2 is 2.00 bits per heavy atom. The Hall–Kier alpha value is -1.95. The molecule has 0 N–H and O–H groups in total. The molecule has 0 unspecified atom stereocenters. The summed E-state index contributed by atoms with van der Waals surface area (Å²) in [5, 5.41) is 11.7. The van der Waals surface area contributed by atoms with Crippen LogP contribution >= 0.6 is 34.5 Å². The van der Waals surface area contributed by atoms with Crippen LogP contribution in [-0.2, 0) is 7.05 Å². The minimum atomic E-state index is 0.530. The van der Waals surface area contributed by atoms with Gasteiger partial charge in [0.25, 0.3) is 0 Å². The molecule has 3 aromatic rings. The Morgan fingerprint density at radius 1 is 1.17 bits per heavy atom. The summed E-state index contributed by atoms with van der Waals surface area (Å²) in [5.41, 5.74) is 3.56. The van der Waals surface area contributed by atoms with Crippen molar-refractivity contribution in [2.75, 3.05) is 0 Å². The first kappa shape index (κ1) is 16.9. The lowest BCUT2D eigenvalue weighted by Gasteiger charge is -2.04. The zero-order valence-electron chi connectivity index (χ0n) is 13.1. The number of benzene rings is 1. The second-order valence-electron chi connectivity index (χ2n) is 5.09. The van der Waals surface area contributed by atoms with Crippen LogP contribution in [0.15, 0.2) is 58.2 Å². The van der Waals surface area contributed by atoms with Gasteiger partial charge < -0.3 is 4.57 Å². The van der Waals surface area contributed by atoms with Crippen molar-refractivity contribution < 1.29 is 0 Å². The van der Waals surface area contributed by atoms with Gasteiger partial charge in [-0.1, -0.05) is 35.3 Å². The molecule has 0 saturated carbocycles. The van der Waals surface area contributed by atoms with Crippen LogP contribution in [0.1, 0.15) is 12.6 Å². The molecular formula is C17H14Cl2N4S. The first-order chi connectivity index (χ1) is 11.6. The molecule has 0 amide bonds. The van der Waals surface area contributed by atoms with Crippen molar-refractivity contribution in [3.05, 3.63) is 68.5 Å². The van der Waals surface area contributed by atoms with Crippen molar-refractivity contribution in [1.29, 1.82) is 0 Å². The van der Waals surface area contributed by atoms with E-state index < -0.39 is 0 Å². The number of thiazole rings is 1. The summed E-state index contributed by atoms with van der Waals surface area (Å²) < 4.78 is 1.97. The summed E-state index contributed by atoms with van der Waals surface area (Å²) in [6.07, 6.45) is 1.74. The largest absolute Gasteiger partial charge is 0.318 e. The quantitative estimate of drug-likeness (QED) is 0.478. The SMILES string of the molecule is C/C(=N\N=c1/scc(-c2ccc(Cl)c(Cl)c2)n1C)c1ccccn1. The van der Waals surface area contributed by atoms with Crippen molar-refractivity contribution >= 4 is 40.3 Å². The molecule has 24 heavy (non-hydrogen) atoms. The standard InChI is InChI=1S/C17H14Cl2N4S/c1-11(15-5-3-4-8-20-15)21-22-17-23(2)16(10-24-17)12-6-7-13(18)14(19)9-12/h3-10H,1-2H3/b21-11+,22-17-. The minimum absolute atomic E-state index is 0.530. The number of hydrogen-bond donors (Lipinski definition) is 0. The van der Waals surface area contributed by atoms with Crippen molar-refractivity contribution in [2.24, 2.45) is 17.3 Å². The highest BCUT2D eigenvalue weighted by atomic mass is 35.5. The molecule has 0 aliphatic heterocycles. The average Bonchev–Trinajstić information content (AvgIpc) is 2.97. The first-order valence-corrected chi connectivity index (χ1v) is 8.79. The molecule has 2 heterocycles. The number of rotatable bonds is 3. The van der Waals surface area contributed by atoms with E-state index in [-0.39, 0.29) is 0 Å². The molecule has 0 radical (unpaired) electrons. The van der Waals surface area contributed by atoms with Crippen LogP contribution in [0.2, 0.25) is 10.0 Å². The lowest BCUT2D eigenvalue weighted by molar-refractivity contribution is 0.862. The molecular weight excluding hydrogens is 363 g/mol. The number of nitrogens with zero attached hydrogens (tertiary/aromatic N) is 4. The molecule has 0 atom stereocenters. The zero-order valence-corrected chi connectivity index (χ0v) is 15.4. The Morgan fingerprint density at radius 3 is 2.71 bits per heavy atom. The molecule has 0 aliphatic carbocycles. The Kier molecular flexibility index (Phi) is 5.14. The van der Waals surface area contributed by atoms with E-state index in [1.165, 1.54) is 11.3 Å². The minimum Gasteiger partial charge on any atom is -0.318 e. The number of aromatic nitrogens is 2. The summed E-state index contributed by atoms with van der Waals surface area (Å²) in [4.78, 5) is 5.05. The normalized spacial score (nSPS) is 12.7. The van der Waals surface area contributed by atoms with Gasteiger partial charge in [-0.2, -0.15) is 5.10 Å². The molecule has 1 aromatic carbocycles. The monoisotopic (exact) mass is 376 g/mol. The molecule has 122 valence electrons. The first-order valence-electron chi connectivity index (χ1n) is 7.16. The third-order valence-corrected chi connectivity index (χ3v) is 5.11. The summed E-state index contributed by atoms with van der Waals surface area (Å²) in [7, 11) is 1.94. The van der Waals surface area contributed by atoms with Crippen LogP contribution in [0.3, 0.4) is 0 Å². The van der Waals surface area contributed by atoms with Crippen LogP contribution in [0, 0.1) is 0 Å². The molecule has 0 fully saturated rings. The molecule has 0 aliphatic rings. The summed E-state index contributed by atoms with van der Waals surface area (Å²) >= 11 is 13.6. The van der Waals surface area contributed by atoms with E-state index in [1.807, 2.05) is 54.3 Å². The molecule has 3 rings (SSSR count). The topological polar surface area (TPSA) is 42.5 Å². The fourth-order valence-corrected chi connectivity index (χ4v) is 3.28. The van der Waals surface area contributed by atoms with Gasteiger partial charge >= 0.3 is 0 Å². The van der Waals surface area contributed by atoms with E-state index in [2.05, 4.69) is 15.2 Å². The predicted octanol–water partition coefficient (Wildman–Crippen LogP) is 4.78. The van der Waals surface area contributed by atoms with Gasteiger partial charge in [0.15, 0.2) is 0 Å². The van der Waals surface area contributed by atoms with Gasteiger partial charge in [0.1, 0.15) is 0 Å². The van der Waals surface area contributed by atoms with Gasteiger partial charge in [-0.15, -0.1) is 16.4 Å². The van der Waals surface area contributed by atoms with Gasteiger partial charge in [-0.05, 0) is 31.2 Å². The molecule has 2 aromatic heterocycles. The Balaban J connectivity index is 1.96. The molecule has 0 saturated heterocycles. The maximum Gasteiger partial charge on any atom is 0.210 e. The summed E-state index contributed by atoms with van der Waals surface area (Å²) in [6, 6.07) is 11.3. The highest BCUT2D eigenvalue weighted by molar-refractivity contribution is 7.07. The van der Waals surface area contributed by atoms with Crippen LogP contribution in [0.5, 0.6) is 0 Å². The Labute approximate surface area is 153 Å². The van der Waals surface area contributed by atoms with Crippen molar-refractivity contribution in [2.45, 2.75) is 6.92 Å². The van der Waals surface area contributed by atoms with Crippen molar-refractivity contribution in [1.82, 2.24) is 9.55 Å². The van der Waals surface area contributed by atoms with Crippen LogP contribution in [0.4, 0.5) is 0 Å². The summed E-state index contributed by atoms with van der Waals surface area (Å²) in [5.74, 6) is 0. The van der Waals surface area contributed by atoms with Gasteiger partial charge in [0.2, 0.25) is 4.80 Å². The van der Waals surface area contributed by atoms with E-state index in [4.69, 9.17) is 23.2 Å². The van der Waals surface area contributed by atoms with Crippen LogP contribution in [-0.4, -0.2) is 15.3 Å².